The van der Waals surface area contributed by atoms with Crippen LogP contribution in [-0.2, 0) is 6.42 Å². The summed E-state index contributed by atoms with van der Waals surface area (Å²) in [6, 6.07) is 9.72. The molecule has 2 fully saturated rings. The Balaban J connectivity index is 1.70. The van der Waals surface area contributed by atoms with Crippen LogP contribution in [0.2, 0.25) is 0 Å². The molecule has 0 spiro atoms. The fourth-order valence-corrected chi connectivity index (χ4v) is 3.67. The van der Waals surface area contributed by atoms with Gasteiger partial charge in [-0.15, -0.1) is 0 Å². The van der Waals surface area contributed by atoms with Gasteiger partial charge in [0.15, 0.2) is 0 Å². The zero-order valence-corrected chi connectivity index (χ0v) is 15.4. The fraction of sp³-hybridized carbons (Fsp3) is 0.682. The van der Waals surface area contributed by atoms with E-state index in [2.05, 4.69) is 36.5 Å². The summed E-state index contributed by atoms with van der Waals surface area (Å²) in [5, 5.41) is 3.63. The van der Waals surface area contributed by atoms with Gasteiger partial charge in [0.1, 0.15) is 0 Å². The number of nitrogens with zero attached hydrogens (tertiary/aromatic N) is 1. The summed E-state index contributed by atoms with van der Waals surface area (Å²) in [6.45, 7) is 3.37. The number of nitrogens with one attached hydrogen (secondary N) is 1. The quantitative estimate of drug-likeness (QED) is 0.699. The van der Waals surface area contributed by atoms with Crippen LogP contribution < -0.4 is 5.32 Å². The molecular formula is C22H34N2. The predicted molar refractivity (Wildman–Crippen MR) is 104 cm³/mol. The summed E-state index contributed by atoms with van der Waals surface area (Å²) in [4.78, 5) is 5.21. The summed E-state index contributed by atoms with van der Waals surface area (Å²) >= 11 is 0. The summed E-state index contributed by atoms with van der Waals surface area (Å²) in [6.07, 6.45) is 14.3. The molecule has 2 aliphatic rings. The number of aliphatic imine (C=N–C) groups is 1. The average molecular weight is 327 g/mol. The number of hydrogen-bond donors (Lipinski definition) is 1. The van der Waals surface area contributed by atoms with Crippen molar-refractivity contribution >= 4 is 5.84 Å². The second-order valence-electron chi connectivity index (χ2n) is 7.65. The second kappa shape index (κ2) is 9.25. The SMILES string of the molecule is CCCCc1ccc(C(N=C2CCCCCCCN2)C2CC2)cc1. The van der Waals surface area contributed by atoms with Crippen LogP contribution in [0, 0.1) is 5.92 Å². The maximum absolute atomic E-state index is 5.21. The molecule has 1 heterocycles. The van der Waals surface area contributed by atoms with Gasteiger partial charge in [0.25, 0.3) is 0 Å². The Morgan fingerprint density at radius 1 is 1.04 bits per heavy atom. The highest BCUT2D eigenvalue weighted by Gasteiger charge is 2.32. The molecule has 132 valence electrons. The minimum atomic E-state index is 0.383. The van der Waals surface area contributed by atoms with Crippen LogP contribution >= 0.6 is 0 Å². The lowest BCUT2D eigenvalue weighted by atomic mass is 9.99. The third-order valence-corrected chi connectivity index (χ3v) is 5.42. The molecular weight excluding hydrogens is 292 g/mol. The molecule has 0 amide bonds. The lowest BCUT2D eigenvalue weighted by molar-refractivity contribution is 0.625. The Labute approximate surface area is 148 Å². The summed E-state index contributed by atoms with van der Waals surface area (Å²) in [5.41, 5.74) is 2.90. The van der Waals surface area contributed by atoms with Crippen molar-refractivity contribution in [2.45, 2.75) is 83.6 Å². The van der Waals surface area contributed by atoms with Crippen molar-refractivity contribution in [2.24, 2.45) is 10.9 Å². The number of benzene rings is 1. The van der Waals surface area contributed by atoms with Crippen molar-refractivity contribution in [1.82, 2.24) is 5.32 Å². The third kappa shape index (κ3) is 5.36. The monoisotopic (exact) mass is 326 g/mol. The first-order chi connectivity index (χ1) is 11.9. The van der Waals surface area contributed by atoms with E-state index in [0.29, 0.717) is 6.04 Å². The minimum absolute atomic E-state index is 0.383. The van der Waals surface area contributed by atoms with Crippen molar-refractivity contribution in [1.29, 1.82) is 0 Å². The second-order valence-corrected chi connectivity index (χ2v) is 7.65. The smallest absolute Gasteiger partial charge is 0.0970 e. The number of hydrogen-bond acceptors (Lipinski definition) is 1. The fourth-order valence-electron chi connectivity index (χ4n) is 3.67. The van der Waals surface area contributed by atoms with Crippen LogP contribution in [0.4, 0.5) is 0 Å². The van der Waals surface area contributed by atoms with Crippen LogP contribution in [-0.4, -0.2) is 12.4 Å². The van der Waals surface area contributed by atoms with E-state index in [1.807, 2.05) is 0 Å². The normalized spacial score (nSPS) is 22.3. The van der Waals surface area contributed by atoms with Crippen molar-refractivity contribution in [2.75, 3.05) is 6.54 Å². The van der Waals surface area contributed by atoms with E-state index in [1.165, 1.54) is 81.2 Å². The summed E-state index contributed by atoms with van der Waals surface area (Å²) in [7, 11) is 0. The van der Waals surface area contributed by atoms with Crippen LogP contribution in [0.3, 0.4) is 0 Å². The highest BCUT2D eigenvalue weighted by atomic mass is 15.0. The van der Waals surface area contributed by atoms with Gasteiger partial charge < -0.3 is 5.32 Å². The molecule has 1 saturated carbocycles. The van der Waals surface area contributed by atoms with Crippen LogP contribution in [0.5, 0.6) is 0 Å². The lowest BCUT2D eigenvalue weighted by Gasteiger charge is -2.17. The molecule has 1 saturated heterocycles. The van der Waals surface area contributed by atoms with Crippen molar-refractivity contribution in [3.63, 3.8) is 0 Å². The molecule has 1 aromatic carbocycles. The van der Waals surface area contributed by atoms with Crippen molar-refractivity contribution in [3.8, 4) is 0 Å². The molecule has 0 aromatic heterocycles. The van der Waals surface area contributed by atoms with E-state index in [-0.39, 0.29) is 0 Å². The van der Waals surface area contributed by atoms with Crippen LogP contribution in [0.1, 0.15) is 88.3 Å². The Morgan fingerprint density at radius 3 is 2.54 bits per heavy atom. The molecule has 1 atom stereocenters. The topological polar surface area (TPSA) is 24.4 Å². The van der Waals surface area contributed by atoms with Gasteiger partial charge >= 0.3 is 0 Å². The molecule has 24 heavy (non-hydrogen) atoms. The third-order valence-electron chi connectivity index (χ3n) is 5.42. The summed E-state index contributed by atoms with van der Waals surface area (Å²) < 4.78 is 0. The van der Waals surface area contributed by atoms with Gasteiger partial charge in [0.05, 0.1) is 11.9 Å². The first kappa shape index (κ1) is 17.5. The van der Waals surface area contributed by atoms with Crippen molar-refractivity contribution in [3.05, 3.63) is 35.4 Å². The molecule has 2 nitrogen and oxygen atoms in total. The van der Waals surface area contributed by atoms with Gasteiger partial charge in [-0.05, 0) is 55.6 Å². The molecule has 1 N–H and O–H groups in total. The molecule has 0 radical (unpaired) electrons. The average Bonchev–Trinajstić information content (AvgIpc) is 3.43. The van der Waals surface area contributed by atoms with E-state index >= 15 is 0 Å². The maximum Gasteiger partial charge on any atom is 0.0970 e. The first-order valence-corrected chi connectivity index (χ1v) is 10.3. The first-order valence-electron chi connectivity index (χ1n) is 10.3. The van der Waals surface area contributed by atoms with Gasteiger partial charge in [0.2, 0.25) is 0 Å². The Morgan fingerprint density at radius 2 is 1.79 bits per heavy atom. The highest BCUT2D eigenvalue weighted by Crippen LogP contribution is 2.43. The maximum atomic E-state index is 5.21. The van der Waals surface area contributed by atoms with Gasteiger partial charge in [-0.3, -0.25) is 4.99 Å². The van der Waals surface area contributed by atoms with Crippen LogP contribution in [0.25, 0.3) is 0 Å². The van der Waals surface area contributed by atoms with E-state index in [0.717, 1.165) is 18.9 Å². The highest BCUT2D eigenvalue weighted by molar-refractivity contribution is 5.82. The van der Waals surface area contributed by atoms with Gasteiger partial charge in [-0.1, -0.05) is 56.9 Å². The minimum Gasteiger partial charge on any atom is -0.374 e. The number of aryl methyl sites for hydroxylation is 1. The Hall–Kier alpha value is -1.31. The molecule has 3 rings (SSSR count). The van der Waals surface area contributed by atoms with E-state index in [4.69, 9.17) is 4.99 Å². The number of amidine groups is 1. The lowest BCUT2D eigenvalue weighted by Crippen LogP contribution is -2.25. The summed E-state index contributed by atoms with van der Waals surface area (Å²) in [5.74, 6) is 2.04. The Kier molecular flexibility index (Phi) is 6.75. The van der Waals surface area contributed by atoms with Gasteiger partial charge in [0, 0.05) is 13.0 Å². The molecule has 0 bridgehead atoms. The van der Waals surface area contributed by atoms with Gasteiger partial charge in [-0.2, -0.15) is 0 Å². The largest absolute Gasteiger partial charge is 0.374 e. The zero-order valence-electron chi connectivity index (χ0n) is 15.4. The molecule has 2 heteroatoms. The van der Waals surface area contributed by atoms with Crippen LogP contribution in [0.15, 0.2) is 29.3 Å². The van der Waals surface area contributed by atoms with Gasteiger partial charge in [-0.25, -0.2) is 0 Å². The number of unbranched alkanes of at least 4 members (excludes halogenated alkanes) is 1. The van der Waals surface area contributed by atoms with Crippen molar-refractivity contribution < 1.29 is 0 Å². The standard InChI is InChI=1S/C22H34N2/c1-2-3-9-18-11-13-19(14-12-18)22(20-15-16-20)24-21-10-7-5-4-6-8-17-23-21/h11-14,20,22H,2-10,15-17H2,1H3,(H,23,24). The molecule has 1 aliphatic carbocycles. The van der Waals surface area contributed by atoms with E-state index in [1.54, 1.807) is 0 Å². The Bertz CT molecular complexity index is 501. The molecule has 1 aromatic rings. The number of rotatable bonds is 6. The zero-order chi connectivity index (χ0) is 16.6. The predicted octanol–water partition coefficient (Wildman–Crippen LogP) is 5.82. The molecule has 1 unspecified atom stereocenters. The van der Waals surface area contributed by atoms with E-state index in [9.17, 15) is 0 Å². The van der Waals surface area contributed by atoms with E-state index < -0.39 is 0 Å². The molecule has 1 aliphatic heterocycles.